The van der Waals surface area contributed by atoms with Gasteiger partial charge < -0.3 is 9.84 Å². The van der Waals surface area contributed by atoms with Crippen molar-refractivity contribution in [3.63, 3.8) is 0 Å². The van der Waals surface area contributed by atoms with E-state index in [4.69, 9.17) is 0 Å². The smallest absolute Gasteiger partial charge is 0.406 e. The molecule has 0 bridgehead atoms. The van der Waals surface area contributed by atoms with Crippen molar-refractivity contribution < 1.29 is 36.2 Å². The zero-order valence-electron chi connectivity index (χ0n) is 11.2. The summed E-state index contributed by atoms with van der Waals surface area (Å²) in [5, 5.41) is 9.22. The SMILES string of the molecule is OCc1ccnc(C(F)(F)F)c1-c1cccc(OC(F)(F)F)c1. The van der Waals surface area contributed by atoms with Gasteiger partial charge in [0.15, 0.2) is 5.69 Å². The van der Waals surface area contributed by atoms with E-state index >= 15 is 0 Å². The number of pyridine rings is 1. The molecule has 0 saturated heterocycles. The highest BCUT2D eigenvalue weighted by molar-refractivity contribution is 5.71. The second kappa shape index (κ2) is 6.07. The Kier molecular flexibility index (Phi) is 4.51. The lowest BCUT2D eigenvalue weighted by Gasteiger charge is -2.16. The molecule has 1 heterocycles. The summed E-state index contributed by atoms with van der Waals surface area (Å²) in [4.78, 5) is 3.24. The maximum atomic E-state index is 13.1. The third-order valence-corrected chi connectivity index (χ3v) is 2.83. The highest BCUT2D eigenvalue weighted by atomic mass is 19.4. The molecule has 0 aliphatic carbocycles. The lowest BCUT2D eigenvalue weighted by Crippen LogP contribution is -2.17. The van der Waals surface area contributed by atoms with Crippen LogP contribution < -0.4 is 4.74 Å². The Morgan fingerprint density at radius 3 is 2.30 bits per heavy atom. The number of hydrogen-bond acceptors (Lipinski definition) is 3. The molecule has 9 heteroatoms. The van der Waals surface area contributed by atoms with Gasteiger partial charge in [0.1, 0.15) is 5.75 Å². The fourth-order valence-corrected chi connectivity index (χ4v) is 2.02. The topological polar surface area (TPSA) is 42.4 Å². The molecule has 2 aromatic rings. The predicted octanol–water partition coefficient (Wildman–Crippen LogP) is 4.16. The van der Waals surface area contributed by atoms with Gasteiger partial charge in [-0.25, -0.2) is 0 Å². The molecule has 124 valence electrons. The van der Waals surface area contributed by atoms with Crippen LogP contribution in [0.4, 0.5) is 26.3 Å². The summed E-state index contributed by atoms with van der Waals surface area (Å²) in [7, 11) is 0. The minimum absolute atomic E-state index is 0.114. The molecule has 0 amide bonds. The molecule has 0 atom stereocenters. The molecule has 3 nitrogen and oxygen atoms in total. The van der Waals surface area contributed by atoms with Crippen molar-refractivity contribution in [3.05, 3.63) is 47.8 Å². The lowest BCUT2D eigenvalue weighted by atomic mass is 9.98. The minimum Gasteiger partial charge on any atom is -0.406 e. The van der Waals surface area contributed by atoms with Crippen LogP contribution in [0.3, 0.4) is 0 Å². The molecule has 0 fully saturated rings. The number of aromatic nitrogens is 1. The van der Waals surface area contributed by atoms with Crippen molar-refractivity contribution in [2.45, 2.75) is 19.1 Å². The number of rotatable bonds is 3. The summed E-state index contributed by atoms with van der Waals surface area (Å²) in [6.07, 6.45) is -8.93. The fraction of sp³-hybridized carbons (Fsp3) is 0.214. The quantitative estimate of drug-likeness (QED) is 0.856. The zero-order valence-corrected chi connectivity index (χ0v) is 11.2. The minimum atomic E-state index is -4.97. The highest BCUT2D eigenvalue weighted by Crippen LogP contribution is 2.38. The van der Waals surface area contributed by atoms with E-state index in [0.717, 1.165) is 30.5 Å². The summed E-state index contributed by atoms with van der Waals surface area (Å²) in [6.45, 7) is -0.731. The van der Waals surface area contributed by atoms with E-state index in [0.29, 0.717) is 0 Å². The maximum Gasteiger partial charge on any atom is 0.573 e. The van der Waals surface area contributed by atoms with Gasteiger partial charge in [0.2, 0.25) is 0 Å². The number of halogens is 6. The highest BCUT2D eigenvalue weighted by Gasteiger charge is 2.37. The molecule has 1 N–H and O–H groups in total. The second-order valence-electron chi connectivity index (χ2n) is 4.43. The Bertz CT molecular complexity index is 696. The van der Waals surface area contributed by atoms with Gasteiger partial charge in [0.05, 0.1) is 6.61 Å². The molecule has 0 radical (unpaired) electrons. The summed E-state index contributed by atoms with van der Waals surface area (Å²) >= 11 is 0. The predicted molar refractivity (Wildman–Crippen MR) is 67.3 cm³/mol. The van der Waals surface area contributed by atoms with Gasteiger partial charge in [0, 0.05) is 11.8 Å². The van der Waals surface area contributed by atoms with Crippen LogP contribution in [0.15, 0.2) is 36.5 Å². The zero-order chi connectivity index (χ0) is 17.3. The summed E-state index contributed by atoms with van der Waals surface area (Å²) in [5.74, 6) is -0.670. The molecular formula is C14H9F6NO2. The van der Waals surface area contributed by atoms with Gasteiger partial charge in [-0.05, 0) is 29.3 Å². The third-order valence-electron chi connectivity index (χ3n) is 2.83. The Labute approximate surface area is 126 Å². The average Bonchev–Trinajstić information content (AvgIpc) is 2.44. The van der Waals surface area contributed by atoms with Crippen LogP contribution in [0.2, 0.25) is 0 Å². The summed E-state index contributed by atoms with van der Waals surface area (Å²) in [5.41, 5.74) is -2.10. The van der Waals surface area contributed by atoms with Crippen molar-refractivity contribution in [2.24, 2.45) is 0 Å². The van der Waals surface area contributed by atoms with Crippen molar-refractivity contribution >= 4 is 0 Å². The Morgan fingerprint density at radius 2 is 1.74 bits per heavy atom. The first-order chi connectivity index (χ1) is 10.6. The van der Waals surface area contributed by atoms with Gasteiger partial charge in [-0.3, -0.25) is 4.98 Å². The van der Waals surface area contributed by atoms with E-state index < -0.39 is 36.2 Å². The average molecular weight is 337 g/mol. The van der Waals surface area contributed by atoms with E-state index in [1.54, 1.807) is 0 Å². The Morgan fingerprint density at radius 1 is 1.04 bits per heavy atom. The van der Waals surface area contributed by atoms with Crippen LogP contribution in [-0.4, -0.2) is 16.5 Å². The number of ether oxygens (including phenoxy) is 1. The molecule has 1 aromatic carbocycles. The molecule has 1 aromatic heterocycles. The van der Waals surface area contributed by atoms with Crippen LogP contribution in [-0.2, 0) is 12.8 Å². The molecule has 0 spiro atoms. The standard InChI is InChI=1S/C14H9F6NO2/c15-13(16,17)12-11(9(7-22)4-5-21-12)8-2-1-3-10(6-8)23-14(18,19)20/h1-6,22H,7H2. The van der Waals surface area contributed by atoms with Crippen LogP contribution >= 0.6 is 0 Å². The first-order valence-electron chi connectivity index (χ1n) is 6.14. The maximum absolute atomic E-state index is 13.1. The third kappa shape index (κ3) is 4.13. The first-order valence-corrected chi connectivity index (χ1v) is 6.14. The van der Waals surface area contributed by atoms with Crippen molar-refractivity contribution in [2.75, 3.05) is 0 Å². The van der Waals surface area contributed by atoms with E-state index in [1.165, 1.54) is 6.07 Å². The molecule has 23 heavy (non-hydrogen) atoms. The van der Waals surface area contributed by atoms with Crippen molar-refractivity contribution in [1.82, 2.24) is 4.98 Å². The Hall–Kier alpha value is -2.29. The van der Waals surface area contributed by atoms with Crippen LogP contribution in [0.1, 0.15) is 11.3 Å². The number of alkyl halides is 6. The van der Waals surface area contributed by atoms with Gasteiger partial charge in [-0.15, -0.1) is 13.2 Å². The molecule has 0 aliphatic rings. The van der Waals surface area contributed by atoms with Gasteiger partial charge in [0.25, 0.3) is 0 Å². The Balaban J connectivity index is 2.60. The molecule has 0 aliphatic heterocycles. The normalized spacial score (nSPS) is 12.3. The number of nitrogens with zero attached hydrogens (tertiary/aromatic N) is 1. The largest absolute Gasteiger partial charge is 0.573 e. The summed E-state index contributed by atoms with van der Waals surface area (Å²) < 4.78 is 79.6. The van der Waals surface area contributed by atoms with E-state index in [1.807, 2.05) is 0 Å². The van der Waals surface area contributed by atoms with E-state index in [-0.39, 0.29) is 11.1 Å². The van der Waals surface area contributed by atoms with Gasteiger partial charge >= 0.3 is 12.5 Å². The number of aliphatic hydroxyl groups is 1. The van der Waals surface area contributed by atoms with E-state index in [2.05, 4.69) is 9.72 Å². The van der Waals surface area contributed by atoms with Crippen LogP contribution in [0, 0.1) is 0 Å². The molecule has 0 saturated carbocycles. The summed E-state index contributed by atoms with van der Waals surface area (Å²) in [6, 6.07) is 5.21. The van der Waals surface area contributed by atoms with Crippen molar-refractivity contribution in [3.8, 4) is 16.9 Å². The number of hydrogen-bond donors (Lipinski definition) is 1. The van der Waals surface area contributed by atoms with E-state index in [9.17, 15) is 31.4 Å². The lowest BCUT2D eigenvalue weighted by molar-refractivity contribution is -0.274. The second-order valence-corrected chi connectivity index (χ2v) is 4.43. The fourth-order valence-electron chi connectivity index (χ4n) is 2.02. The van der Waals surface area contributed by atoms with Crippen LogP contribution in [0.25, 0.3) is 11.1 Å². The number of benzene rings is 1. The molecule has 0 unspecified atom stereocenters. The molecular weight excluding hydrogens is 328 g/mol. The first kappa shape index (κ1) is 17.1. The van der Waals surface area contributed by atoms with Crippen molar-refractivity contribution in [1.29, 1.82) is 0 Å². The monoisotopic (exact) mass is 337 g/mol. The van der Waals surface area contributed by atoms with Gasteiger partial charge in [-0.1, -0.05) is 12.1 Å². The number of aliphatic hydroxyl groups excluding tert-OH is 1. The van der Waals surface area contributed by atoms with Gasteiger partial charge in [-0.2, -0.15) is 13.2 Å². The molecule has 2 rings (SSSR count). The van der Waals surface area contributed by atoms with Crippen LogP contribution in [0.5, 0.6) is 5.75 Å².